The summed E-state index contributed by atoms with van der Waals surface area (Å²) in [6, 6.07) is 7.30. The quantitative estimate of drug-likeness (QED) is 0.622. The highest BCUT2D eigenvalue weighted by molar-refractivity contribution is 9.10. The lowest BCUT2D eigenvalue weighted by atomic mass is 10.2. The van der Waals surface area contributed by atoms with Gasteiger partial charge in [-0.25, -0.2) is 4.79 Å². The summed E-state index contributed by atoms with van der Waals surface area (Å²) in [5, 5.41) is 0. The zero-order chi connectivity index (χ0) is 13.1. The largest absolute Gasteiger partial charge is 0.466 e. The Hall–Kier alpha value is -1.88. The Bertz CT molecular complexity index is 555. The molecule has 0 fully saturated rings. The molecule has 1 aliphatic rings. The molecule has 0 atom stereocenters. The first-order valence-corrected chi connectivity index (χ1v) is 5.89. The number of rotatable bonds is 2. The number of halogens is 1. The average molecular weight is 309 g/mol. The first kappa shape index (κ1) is 12.6. The Morgan fingerprint density at radius 3 is 2.61 bits per heavy atom. The van der Waals surface area contributed by atoms with E-state index in [-0.39, 0.29) is 11.5 Å². The van der Waals surface area contributed by atoms with Crippen LogP contribution in [0.25, 0.3) is 5.76 Å². The fourth-order valence-electron chi connectivity index (χ4n) is 1.41. The van der Waals surface area contributed by atoms with E-state index in [2.05, 4.69) is 20.7 Å². The average Bonchev–Trinajstić information content (AvgIpc) is 2.71. The second-order valence-corrected chi connectivity index (χ2v) is 4.43. The molecule has 0 unspecified atom stereocenters. The molecule has 1 aliphatic heterocycles. The van der Waals surface area contributed by atoms with Crippen molar-refractivity contribution >= 4 is 33.4 Å². The Labute approximate surface area is 112 Å². The summed E-state index contributed by atoms with van der Waals surface area (Å²) in [4.78, 5) is 22.6. The van der Waals surface area contributed by atoms with Crippen LogP contribution in [-0.2, 0) is 19.1 Å². The van der Waals surface area contributed by atoms with Gasteiger partial charge < -0.3 is 9.47 Å². The highest BCUT2D eigenvalue weighted by Gasteiger charge is 2.22. The molecule has 0 bridgehead atoms. The summed E-state index contributed by atoms with van der Waals surface area (Å²) >= 11 is 3.32. The summed E-state index contributed by atoms with van der Waals surface area (Å²) in [5.41, 5.74) is 0.764. The molecule has 0 saturated carbocycles. The van der Waals surface area contributed by atoms with Gasteiger partial charge in [0.1, 0.15) is 5.76 Å². The summed E-state index contributed by atoms with van der Waals surface area (Å²) in [5.74, 6) is -0.579. The minimum Gasteiger partial charge on any atom is -0.466 e. The van der Waals surface area contributed by atoms with Gasteiger partial charge >= 0.3 is 5.97 Å². The maximum absolute atomic E-state index is 11.6. The maximum atomic E-state index is 11.6. The predicted molar refractivity (Wildman–Crippen MR) is 68.3 cm³/mol. The summed E-state index contributed by atoms with van der Waals surface area (Å²) in [6.07, 6.45) is 2.38. The monoisotopic (exact) mass is 308 g/mol. The van der Waals surface area contributed by atoms with E-state index in [0.717, 1.165) is 16.1 Å². The Morgan fingerprint density at radius 2 is 2.00 bits per heavy atom. The Kier molecular flexibility index (Phi) is 3.62. The van der Waals surface area contributed by atoms with Crippen LogP contribution in [0.5, 0.6) is 0 Å². The fourth-order valence-corrected chi connectivity index (χ4v) is 1.68. The van der Waals surface area contributed by atoms with Crippen LogP contribution in [-0.4, -0.2) is 18.9 Å². The minimum atomic E-state index is -0.621. The Balaban J connectivity index is 2.22. The van der Waals surface area contributed by atoms with Crippen molar-refractivity contribution in [2.24, 2.45) is 0 Å². The number of ketones is 1. The number of methoxy groups -OCH3 is 1. The number of allylic oxidation sites excluding steroid dienone is 1. The van der Waals surface area contributed by atoms with Gasteiger partial charge in [-0.15, -0.1) is 0 Å². The number of hydrogen-bond donors (Lipinski definition) is 0. The van der Waals surface area contributed by atoms with Crippen molar-refractivity contribution in [3.8, 4) is 0 Å². The number of hydrogen-bond acceptors (Lipinski definition) is 4. The first-order chi connectivity index (χ1) is 8.60. The van der Waals surface area contributed by atoms with Gasteiger partial charge in [0.15, 0.2) is 5.76 Å². The lowest BCUT2D eigenvalue weighted by Crippen LogP contribution is -2.01. The molecule has 0 N–H and O–H groups in total. The highest BCUT2D eigenvalue weighted by Crippen LogP contribution is 2.27. The lowest BCUT2D eigenvalue weighted by Gasteiger charge is -2.03. The van der Waals surface area contributed by atoms with E-state index in [1.54, 1.807) is 0 Å². The summed E-state index contributed by atoms with van der Waals surface area (Å²) in [7, 11) is 1.24. The van der Waals surface area contributed by atoms with Gasteiger partial charge in [0, 0.05) is 16.1 Å². The molecule has 0 saturated heterocycles. The molecule has 4 nitrogen and oxygen atoms in total. The van der Waals surface area contributed by atoms with Crippen molar-refractivity contribution in [1.82, 2.24) is 0 Å². The number of carbonyl (C=O) groups is 2. The molecule has 0 radical (unpaired) electrons. The molecular formula is C13H9BrO4. The molecule has 18 heavy (non-hydrogen) atoms. The van der Waals surface area contributed by atoms with E-state index in [9.17, 15) is 9.59 Å². The molecule has 1 aromatic rings. The van der Waals surface area contributed by atoms with Crippen molar-refractivity contribution in [3.63, 3.8) is 0 Å². The van der Waals surface area contributed by atoms with Crippen molar-refractivity contribution in [2.75, 3.05) is 7.11 Å². The maximum Gasteiger partial charge on any atom is 0.334 e. The van der Waals surface area contributed by atoms with Gasteiger partial charge in [-0.3, -0.25) is 4.79 Å². The topological polar surface area (TPSA) is 52.6 Å². The molecule has 92 valence electrons. The molecule has 0 amide bonds. The number of esters is 1. The van der Waals surface area contributed by atoms with E-state index in [4.69, 9.17) is 4.74 Å². The van der Waals surface area contributed by atoms with Crippen LogP contribution in [0.15, 0.2) is 46.6 Å². The molecule has 2 rings (SSSR count). The van der Waals surface area contributed by atoms with Crippen LogP contribution in [0, 0.1) is 0 Å². The van der Waals surface area contributed by atoms with Crippen LogP contribution >= 0.6 is 15.9 Å². The van der Waals surface area contributed by atoms with Crippen molar-refractivity contribution in [2.45, 2.75) is 0 Å². The standard InChI is InChI=1S/C13H9BrO4/c1-17-13(16)7-12-10(15)6-11(18-12)8-2-4-9(14)5-3-8/h2-7H,1H3/b12-7-. The van der Waals surface area contributed by atoms with Crippen LogP contribution in [0.1, 0.15) is 5.56 Å². The molecular weight excluding hydrogens is 300 g/mol. The number of benzene rings is 1. The predicted octanol–water partition coefficient (Wildman–Crippen LogP) is 2.45. The zero-order valence-electron chi connectivity index (χ0n) is 9.48. The van der Waals surface area contributed by atoms with E-state index in [1.165, 1.54) is 13.2 Å². The van der Waals surface area contributed by atoms with E-state index < -0.39 is 5.97 Å². The molecule has 1 aromatic carbocycles. The third-order valence-corrected chi connectivity index (χ3v) is 2.83. The fraction of sp³-hybridized carbons (Fsp3) is 0.0769. The number of ether oxygens (including phenoxy) is 2. The van der Waals surface area contributed by atoms with E-state index >= 15 is 0 Å². The highest BCUT2D eigenvalue weighted by atomic mass is 79.9. The van der Waals surface area contributed by atoms with Gasteiger partial charge in [0.2, 0.25) is 5.78 Å². The summed E-state index contributed by atoms with van der Waals surface area (Å²) in [6.45, 7) is 0. The third-order valence-electron chi connectivity index (χ3n) is 2.30. The molecule has 0 aromatic heterocycles. The second-order valence-electron chi connectivity index (χ2n) is 3.51. The third kappa shape index (κ3) is 2.68. The van der Waals surface area contributed by atoms with Crippen LogP contribution in [0.2, 0.25) is 0 Å². The van der Waals surface area contributed by atoms with Gasteiger partial charge in [-0.05, 0) is 12.1 Å². The van der Waals surface area contributed by atoms with Crippen LogP contribution in [0.3, 0.4) is 0 Å². The molecule has 5 heteroatoms. The van der Waals surface area contributed by atoms with Gasteiger partial charge in [0.25, 0.3) is 0 Å². The summed E-state index contributed by atoms with van der Waals surface area (Å²) < 4.78 is 10.7. The first-order valence-electron chi connectivity index (χ1n) is 5.09. The van der Waals surface area contributed by atoms with Crippen LogP contribution in [0.4, 0.5) is 0 Å². The molecule has 0 spiro atoms. The van der Waals surface area contributed by atoms with Crippen LogP contribution < -0.4 is 0 Å². The lowest BCUT2D eigenvalue weighted by molar-refractivity contribution is -0.135. The van der Waals surface area contributed by atoms with Gasteiger partial charge in [0.05, 0.1) is 13.2 Å². The normalized spacial score (nSPS) is 16.4. The number of carbonyl (C=O) groups excluding carboxylic acids is 2. The van der Waals surface area contributed by atoms with E-state index in [0.29, 0.717) is 5.76 Å². The van der Waals surface area contributed by atoms with Gasteiger partial charge in [-0.2, -0.15) is 0 Å². The zero-order valence-corrected chi connectivity index (χ0v) is 11.1. The van der Waals surface area contributed by atoms with Gasteiger partial charge in [-0.1, -0.05) is 28.1 Å². The second kappa shape index (κ2) is 5.18. The van der Waals surface area contributed by atoms with Crippen molar-refractivity contribution in [3.05, 3.63) is 52.2 Å². The van der Waals surface area contributed by atoms with Crippen molar-refractivity contribution in [1.29, 1.82) is 0 Å². The van der Waals surface area contributed by atoms with Crippen molar-refractivity contribution < 1.29 is 19.1 Å². The minimum absolute atomic E-state index is 0.0280. The molecule has 0 aliphatic carbocycles. The van der Waals surface area contributed by atoms with E-state index in [1.807, 2.05) is 24.3 Å². The Morgan fingerprint density at radius 1 is 1.33 bits per heavy atom. The SMILES string of the molecule is COC(=O)/C=C1\OC(c2ccc(Br)cc2)=CC1=O. The molecule has 1 heterocycles. The smallest absolute Gasteiger partial charge is 0.334 e.